The SMILES string of the molecule is CC1(C)CCCN1C1CCC1CNC1CC1. The Bertz CT molecular complexity index is 257. The summed E-state index contributed by atoms with van der Waals surface area (Å²) >= 11 is 0. The Balaban J connectivity index is 1.53. The van der Waals surface area contributed by atoms with Gasteiger partial charge in [0.15, 0.2) is 0 Å². The standard InChI is InChI=1S/C14H26N2/c1-14(2)8-3-9-16(14)13-7-4-11(13)10-15-12-5-6-12/h11-13,15H,3-10H2,1-2H3. The maximum absolute atomic E-state index is 3.71. The van der Waals surface area contributed by atoms with Gasteiger partial charge in [0, 0.05) is 17.6 Å². The molecule has 92 valence electrons. The fourth-order valence-corrected chi connectivity index (χ4v) is 3.55. The molecule has 0 radical (unpaired) electrons. The minimum atomic E-state index is 0.475. The van der Waals surface area contributed by atoms with Crippen molar-refractivity contribution in [2.45, 2.75) is 70.0 Å². The second-order valence-corrected chi connectivity index (χ2v) is 6.70. The fourth-order valence-electron chi connectivity index (χ4n) is 3.55. The van der Waals surface area contributed by atoms with Crippen LogP contribution in [0, 0.1) is 5.92 Å². The van der Waals surface area contributed by atoms with Gasteiger partial charge in [-0.25, -0.2) is 0 Å². The number of hydrogen-bond acceptors (Lipinski definition) is 2. The molecule has 0 bridgehead atoms. The number of likely N-dealkylation sites (tertiary alicyclic amines) is 1. The Morgan fingerprint density at radius 2 is 2.00 bits per heavy atom. The summed E-state index contributed by atoms with van der Waals surface area (Å²) in [6, 6.07) is 1.77. The number of rotatable bonds is 4. The normalized spacial score (nSPS) is 38.6. The van der Waals surface area contributed by atoms with Gasteiger partial charge >= 0.3 is 0 Å². The molecule has 2 heteroatoms. The Morgan fingerprint density at radius 1 is 1.19 bits per heavy atom. The molecule has 3 rings (SSSR count). The molecule has 16 heavy (non-hydrogen) atoms. The Morgan fingerprint density at radius 3 is 2.50 bits per heavy atom. The van der Waals surface area contributed by atoms with Crippen LogP contribution in [0.3, 0.4) is 0 Å². The lowest BCUT2D eigenvalue weighted by Gasteiger charge is -2.48. The predicted octanol–water partition coefficient (Wildman–Crippen LogP) is 2.39. The lowest BCUT2D eigenvalue weighted by atomic mass is 9.77. The average molecular weight is 222 g/mol. The molecule has 3 aliphatic rings. The van der Waals surface area contributed by atoms with Crippen molar-refractivity contribution < 1.29 is 0 Å². The van der Waals surface area contributed by atoms with Crippen LogP contribution < -0.4 is 5.32 Å². The van der Waals surface area contributed by atoms with Crippen LogP contribution in [0.2, 0.25) is 0 Å². The van der Waals surface area contributed by atoms with Gasteiger partial charge in [0.05, 0.1) is 0 Å². The molecule has 2 unspecified atom stereocenters. The first-order valence-electron chi connectivity index (χ1n) is 7.17. The van der Waals surface area contributed by atoms with E-state index in [-0.39, 0.29) is 0 Å². The monoisotopic (exact) mass is 222 g/mol. The van der Waals surface area contributed by atoms with Crippen LogP contribution in [0.25, 0.3) is 0 Å². The van der Waals surface area contributed by atoms with E-state index in [0.29, 0.717) is 5.54 Å². The first-order valence-corrected chi connectivity index (χ1v) is 7.17. The van der Waals surface area contributed by atoms with Crippen LogP contribution in [-0.4, -0.2) is 35.6 Å². The summed E-state index contributed by atoms with van der Waals surface area (Å²) in [6.07, 6.45) is 8.55. The Kier molecular flexibility index (Phi) is 2.75. The molecule has 0 aromatic rings. The van der Waals surface area contributed by atoms with Crippen molar-refractivity contribution in [3.8, 4) is 0 Å². The lowest BCUT2D eigenvalue weighted by molar-refractivity contribution is 0.0175. The van der Waals surface area contributed by atoms with Crippen LogP contribution >= 0.6 is 0 Å². The molecule has 1 N–H and O–H groups in total. The van der Waals surface area contributed by atoms with E-state index in [0.717, 1.165) is 18.0 Å². The Labute approximate surface area is 99.8 Å². The number of nitrogens with one attached hydrogen (secondary N) is 1. The van der Waals surface area contributed by atoms with Crippen LogP contribution in [0.5, 0.6) is 0 Å². The van der Waals surface area contributed by atoms with Crippen molar-refractivity contribution in [1.29, 1.82) is 0 Å². The van der Waals surface area contributed by atoms with Crippen molar-refractivity contribution in [3.05, 3.63) is 0 Å². The summed E-state index contributed by atoms with van der Waals surface area (Å²) in [6.45, 7) is 7.49. The Hall–Kier alpha value is -0.0800. The predicted molar refractivity (Wildman–Crippen MR) is 67.6 cm³/mol. The van der Waals surface area contributed by atoms with Crippen molar-refractivity contribution in [2.24, 2.45) is 5.92 Å². The zero-order valence-corrected chi connectivity index (χ0v) is 10.8. The molecule has 0 spiro atoms. The highest BCUT2D eigenvalue weighted by Gasteiger charge is 2.43. The molecule has 3 fully saturated rings. The van der Waals surface area contributed by atoms with E-state index in [4.69, 9.17) is 0 Å². The van der Waals surface area contributed by atoms with E-state index in [1.807, 2.05) is 0 Å². The molecular weight excluding hydrogens is 196 g/mol. The van der Waals surface area contributed by atoms with Gasteiger partial charge in [-0.2, -0.15) is 0 Å². The maximum Gasteiger partial charge on any atom is 0.0156 e. The van der Waals surface area contributed by atoms with Crippen molar-refractivity contribution in [1.82, 2.24) is 10.2 Å². The highest BCUT2D eigenvalue weighted by Crippen LogP contribution is 2.40. The summed E-state index contributed by atoms with van der Waals surface area (Å²) in [5.74, 6) is 0.943. The van der Waals surface area contributed by atoms with Gasteiger partial charge in [-0.1, -0.05) is 0 Å². The first-order chi connectivity index (χ1) is 7.67. The van der Waals surface area contributed by atoms with Crippen LogP contribution in [0.15, 0.2) is 0 Å². The maximum atomic E-state index is 3.71. The summed E-state index contributed by atoms with van der Waals surface area (Å²) in [5.41, 5.74) is 0.475. The van der Waals surface area contributed by atoms with E-state index in [9.17, 15) is 0 Å². The quantitative estimate of drug-likeness (QED) is 0.786. The molecule has 0 aromatic heterocycles. The molecule has 0 aromatic carbocycles. The molecule has 0 amide bonds. The van der Waals surface area contributed by atoms with Crippen molar-refractivity contribution in [3.63, 3.8) is 0 Å². The third-order valence-corrected chi connectivity index (χ3v) is 4.99. The molecule has 1 saturated heterocycles. The molecule has 1 aliphatic heterocycles. The van der Waals surface area contributed by atoms with Gasteiger partial charge in [0.1, 0.15) is 0 Å². The summed E-state index contributed by atoms with van der Waals surface area (Å²) < 4.78 is 0. The third kappa shape index (κ3) is 2.02. The minimum absolute atomic E-state index is 0.475. The average Bonchev–Trinajstić information content (AvgIpc) is 2.93. The second kappa shape index (κ2) is 3.99. The van der Waals surface area contributed by atoms with E-state index < -0.39 is 0 Å². The van der Waals surface area contributed by atoms with Crippen LogP contribution in [-0.2, 0) is 0 Å². The van der Waals surface area contributed by atoms with Gasteiger partial charge in [-0.15, -0.1) is 0 Å². The van der Waals surface area contributed by atoms with Gasteiger partial charge in [0.2, 0.25) is 0 Å². The van der Waals surface area contributed by atoms with Gasteiger partial charge in [-0.3, -0.25) is 4.90 Å². The van der Waals surface area contributed by atoms with Gasteiger partial charge in [-0.05, 0) is 71.4 Å². The van der Waals surface area contributed by atoms with E-state index in [1.54, 1.807) is 0 Å². The zero-order chi connectivity index (χ0) is 11.2. The molecule has 1 heterocycles. The number of hydrogen-bond donors (Lipinski definition) is 1. The summed E-state index contributed by atoms with van der Waals surface area (Å²) in [4.78, 5) is 2.80. The second-order valence-electron chi connectivity index (χ2n) is 6.70. The molecule has 2 nitrogen and oxygen atoms in total. The van der Waals surface area contributed by atoms with E-state index in [2.05, 4.69) is 24.1 Å². The summed E-state index contributed by atoms with van der Waals surface area (Å²) in [7, 11) is 0. The third-order valence-electron chi connectivity index (χ3n) is 4.99. The highest BCUT2D eigenvalue weighted by molar-refractivity contribution is 4.99. The molecule has 2 atom stereocenters. The molecular formula is C14H26N2. The van der Waals surface area contributed by atoms with Crippen molar-refractivity contribution >= 4 is 0 Å². The highest BCUT2D eigenvalue weighted by atomic mass is 15.3. The van der Waals surface area contributed by atoms with Crippen LogP contribution in [0.1, 0.15) is 52.4 Å². The van der Waals surface area contributed by atoms with Crippen LogP contribution in [0.4, 0.5) is 0 Å². The van der Waals surface area contributed by atoms with Crippen molar-refractivity contribution in [2.75, 3.05) is 13.1 Å². The van der Waals surface area contributed by atoms with Gasteiger partial charge in [0.25, 0.3) is 0 Å². The first kappa shape index (κ1) is 11.0. The van der Waals surface area contributed by atoms with Gasteiger partial charge < -0.3 is 5.32 Å². The summed E-state index contributed by atoms with van der Waals surface area (Å²) in [5, 5.41) is 3.71. The molecule has 2 saturated carbocycles. The lowest BCUT2D eigenvalue weighted by Crippen LogP contribution is -2.55. The minimum Gasteiger partial charge on any atom is -0.314 e. The largest absolute Gasteiger partial charge is 0.314 e. The fraction of sp³-hybridized carbons (Fsp3) is 1.00. The number of nitrogens with zero attached hydrogens (tertiary/aromatic N) is 1. The van der Waals surface area contributed by atoms with E-state index in [1.165, 1.54) is 51.6 Å². The smallest absolute Gasteiger partial charge is 0.0156 e. The van der Waals surface area contributed by atoms with E-state index >= 15 is 0 Å². The topological polar surface area (TPSA) is 15.3 Å². The zero-order valence-electron chi connectivity index (χ0n) is 10.8. The molecule has 2 aliphatic carbocycles.